The molecule has 0 atom stereocenters. The molecule has 0 radical (unpaired) electrons. The van der Waals surface area contributed by atoms with E-state index in [2.05, 4.69) is 33.2 Å². The molecule has 2 aromatic rings. The zero-order chi connectivity index (χ0) is 10.7. The zero-order valence-corrected chi connectivity index (χ0v) is 9.70. The zero-order valence-electron chi connectivity index (χ0n) is 8.11. The van der Waals surface area contributed by atoms with Crippen LogP contribution < -0.4 is 5.73 Å². The van der Waals surface area contributed by atoms with Crippen LogP contribution in [0.4, 0.5) is 5.88 Å². The van der Waals surface area contributed by atoms with Crippen molar-refractivity contribution in [2.75, 3.05) is 5.73 Å². The Hall–Kier alpha value is -1.29. The van der Waals surface area contributed by atoms with Gasteiger partial charge in [-0.2, -0.15) is 0 Å². The maximum Gasteiger partial charge on any atom is 0.222 e. The SMILES string of the molecule is Nc1cc(CCc2ccc(Br)cc2)no1. The molecule has 0 aliphatic carbocycles. The van der Waals surface area contributed by atoms with Gasteiger partial charge in [0.2, 0.25) is 5.88 Å². The minimum Gasteiger partial charge on any atom is -0.368 e. The monoisotopic (exact) mass is 266 g/mol. The van der Waals surface area contributed by atoms with Gasteiger partial charge in [0, 0.05) is 10.5 Å². The molecule has 0 bridgehead atoms. The van der Waals surface area contributed by atoms with Crippen LogP contribution >= 0.6 is 15.9 Å². The normalized spacial score (nSPS) is 10.5. The van der Waals surface area contributed by atoms with Gasteiger partial charge in [-0.15, -0.1) is 0 Å². The fourth-order valence-electron chi connectivity index (χ4n) is 1.37. The van der Waals surface area contributed by atoms with Gasteiger partial charge in [0.05, 0.1) is 5.69 Å². The molecule has 15 heavy (non-hydrogen) atoms. The van der Waals surface area contributed by atoms with Gasteiger partial charge < -0.3 is 10.3 Å². The number of anilines is 1. The summed E-state index contributed by atoms with van der Waals surface area (Å²) in [6.07, 6.45) is 1.79. The van der Waals surface area contributed by atoms with Crippen LogP contribution in [0, 0.1) is 0 Å². The lowest BCUT2D eigenvalue weighted by Crippen LogP contribution is -1.90. The van der Waals surface area contributed by atoms with Crippen LogP contribution in [0.3, 0.4) is 0 Å². The van der Waals surface area contributed by atoms with Crippen LogP contribution in [0.2, 0.25) is 0 Å². The first-order valence-corrected chi connectivity index (χ1v) is 5.49. The summed E-state index contributed by atoms with van der Waals surface area (Å²) >= 11 is 3.40. The van der Waals surface area contributed by atoms with E-state index in [9.17, 15) is 0 Å². The fourth-order valence-corrected chi connectivity index (χ4v) is 1.63. The molecule has 1 heterocycles. The van der Waals surface area contributed by atoms with Crippen LogP contribution in [-0.2, 0) is 12.8 Å². The summed E-state index contributed by atoms with van der Waals surface area (Å²) in [6.45, 7) is 0. The predicted molar refractivity (Wildman–Crippen MR) is 62.5 cm³/mol. The lowest BCUT2D eigenvalue weighted by molar-refractivity contribution is 0.427. The summed E-state index contributed by atoms with van der Waals surface area (Å²) < 4.78 is 5.89. The highest BCUT2D eigenvalue weighted by atomic mass is 79.9. The molecule has 3 nitrogen and oxygen atoms in total. The molecule has 0 aliphatic rings. The minimum atomic E-state index is 0.376. The third kappa shape index (κ3) is 2.83. The first-order chi connectivity index (χ1) is 7.24. The Bertz CT molecular complexity index is 436. The van der Waals surface area contributed by atoms with Gasteiger partial charge in [0.1, 0.15) is 0 Å². The Morgan fingerprint density at radius 2 is 1.93 bits per heavy atom. The van der Waals surface area contributed by atoms with Crippen LogP contribution in [0.15, 0.2) is 39.3 Å². The van der Waals surface area contributed by atoms with E-state index < -0.39 is 0 Å². The van der Waals surface area contributed by atoms with E-state index in [0.29, 0.717) is 5.88 Å². The quantitative estimate of drug-likeness (QED) is 0.930. The molecule has 0 saturated heterocycles. The van der Waals surface area contributed by atoms with Crippen molar-refractivity contribution < 1.29 is 4.52 Å². The van der Waals surface area contributed by atoms with Crippen molar-refractivity contribution in [1.29, 1.82) is 0 Å². The summed E-state index contributed by atoms with van der Waals surface area (Å²) in [7, 11) is 0. The van der Waals surface area contributed by atoms with E-state index in [1.165, 1.54) is 5.56 Å². The van der Waals surface area contributed by atoms with Gasteiger partial charge in [0.15, 0.2) is 0 Å². The Kier molecular flexibility index (Phi) is 3.06. The molecule has 0 spiro atoms. The van der Waals surface area contributed by atoms with Crippen LogP contribution in [0.1, 0.15) is 11.3 Å². The highest BCUT2D eigenvalue weighted by molar-refractivity contribution is 9.10. The molecule has 78 valence electrons. The van der Waals surface area contributed by atoms with Crippen molar-refractivity contribution in [2.45, 2.75) is 12.8 Å². The smallest absolute Gasteiger partial charge is 0.222 e. The van der Waals surface area contributed by atoms with Crippen LogP contribution in [0.25, 0.3) is 0 Å². The Balaban J connectivity index is 1.96. The molecule has 1 aromatic carbocycles. The van der Waals surface area contributed by atoms with E-state index in [1.54, 1.807) is 6.07 Å². The molecule has 0 fully saturated rings. The second-order valence-electron chi connectivity index (χ2n) is 3.35. The van der Waals surface area contributed by atoms with Crippen LogP contribution in [-0.4, -0.2) is 5.16 Å². The molecule has 2 N–H and O–H groups in total. The first kappa shape index (κ1) is 10.2. The molecule has 0 saturated carbocycles. The second kappa shape index (κ2) is 4.49. The van der Waals surface area contributed by atoms with E-state index >= 15 is 0 Å². The molecule has 2 rings (SSSR count). The first-order valence-electron chi connectivity index (χ1n) is 4.69. The molecular formula is C11H11BrN2O. The van der Waals surface area contributed by atoms with Gasteiger partial charge in [-0.25, -0.2) is 0 Å². The number of aromatic nitrogens is 1. The molecule has 0 unspecified atom stereocenters. The topological polar surface area (TPSA) is 52.0 Å². The average Bonchev–Trinajstić information content (AvgIpc) is 2.64. The number of rotatable bonds is 3. The highest BCUT2D eigenvalue weighted by Crippen LogP contribution is 2.13. The van der Waals surface area contributed by atoms with Gasteiger partial charge in [-0.05, 0) is 30.5 Å². The van der Waals surface area contributed by atoms with Crippen molar-refractivity contribution in [3.05, 3.63) is 46.1 Å². The Morgan fingerprint density at radius 3 is 2.53 bits per heavy atom. The molecule has 0 aliphatic heterocycles. The van der Waals surface area contributed by atoms with E-state index in [4.69, 9.17) is 10.3 Å². The third-order valence-electron chi connectivity index (χ3n) is 2.16. The molecule has 0 amide bonds. The van der Waals surface area contributed by atoms with E-state index in [1.807, 2.05) is 12.1 Å². The van der Waals surface area contributed by atoms with Crippen molar-refractivity contribution in [3.63, 3.8) is 0 Å². The van der Waals surface area contributed by atoms with Crippen molar-refractivity contribution in [1.82, 2.24) is 5.16 Å². The van der Waals surface area contributed by atoms with E-state index in [-0.39, 0.29) is 0 Å². The fraction of sp³-hybridized carbons (Fsp3) is 0.182. The maximum absolute atomic E-state index is 5.43. The van der Waals surface area contributed by atoms with Gasteiger partial charge in [-0.1, -0.05) is 33.2 Å². The summed E-state index contributed by atoms with van der Waals surface area (Å²) in [6, 6.07) is 10.0. The third-order valence-corrected chi connectivity index (χ3v) is 2.69. The lowest BCUT2D eigenvalue weighted by atomic mass is 10.1. The Morgan fingerprint density at radius 1 is 1.20 bits per heavy atom. The second-order valence-corrected chi connectivity index (χ2v) is 4.26. The lowest BCUT2D eigenvalue weighted by Gasteiger charge is -1.98. The molecule has 4 heteroatoms. The van der Waals surface area contributed by atoms with Gasteiger partial charge in [-0.3, -0.25) is 0 Å². The average molecular weight is 267 g/mol. The van der Waals surface area contributed by atoms with Crippen molar-refractivity contribution in [2.24, 2.45) is 0 Å². The van der Waals surface area contributed by atoms with Gasteiger partial charge in [0.25, 0.3) is 0 Å². The predicted octanol–water partition coefficient (Wildman–Crippen LogP) is 2.80. The standard InChI is InChI=1S/C11H11BrN2O/c12-9-4-1-8(2-5-9)3-6-10-7-11(13)15-14-10/h1-2,4-5,7H,3,6,13H2. The molecular weight excluding hydrogens is 256 g/mol. The van der Waals surface area contributed by atoms with Gasteiger partial charge >= 0.3 is 0 Å². The largest absolute Gasteiger partial charge is 0.368 e. The van der Waals surface area contributed by atoms with Crippen LogP contribution in [0.5, 0.6) is 0 Å². The number of hydrogen-bond acceptors (Lipinski definition) is 3. The molecule has 1 aromatic heterocycles. The Labute approximate surface area is 96.4 Å². The number of hydrogen-bond donors (Lipinski definition) is 1. The minimum absolute atomic E-state index is 0.376. The number of aryl methyl sites for hydroxylation is 2. The number of nitrogens with two attached hydrogens (primary N) is 1. The highest BCUT2D eigenvalue weighted by Gasteiger charge is 2.01. The number of nitrogens with zero attached hydrogens (tertiary/aromatic N) is 1. The maximum atomic E-state index is 5.43. The summed E-state index contributed by atoms with van der Waals surface area (Å²) in [5.41, 5.74) is 7.61. The summed E-state index contributed by atoms with van der Waals surface area (Å²) in [5, 5.41) is 3.84. The number of halogens is 1. The number of benzene rings is 1. The van der Waals surface area contributed by atoms with Crippen molar-refractivity contribution >= 4 is 21.8 Å². The summed E-state index contributed by atoms with van der Waals surface area (Å²) in [4.78, 5) is 0. The number of nitrogen functional groups attached to an aromatic ring is 1. The van der Waals surface area contributed by atoms with E-state index in [0.717, 1.165) is 23.0 Å². The van der Waals surface area contributed by atoms with Crippen molar-refractivity contribution in [3.8, 4) is 0 Å². The summed E-state index contributed by atoms with van der Waals surface area (Å²) in [5.74, 6) is 0.376.